The normalized spacial score (nSPS) is 9.90. The van der Waals surface area contributed by atoms with Gasteiger partial charge in [-0.15, -0.1) is 0 Å². The predicted molar refractivity (Wildman–Crippen MR) is 45.3 cm³/mol. The summed E-state index contributed by atoms with van der Waals surface area (Å²) in [5, 5.41) is 0.784. The molecule has 1 nitrogen and oxygen atoms in total. The van der Waals surface area contributed by atoms with Crippen molar-refractivity contribution >= 4 is 17.3 Å². The van der Waals surface area contributed by atoms with Gasteiger partial charge in [-0.1, -0.05) is 11.6 Å². The molecule has 0 atom stereocenters. The van der Waals surface area contributed by atoms with E-state index in [1.165, 1.54) is 0 Å². The van der Waals surface area contributed by atoms with Crippen LogP contribution in [0.4, 0.5) is 5.69 Å². The second kappa shape index (κ2) is 2.51. The summed E-state index contributed by atoms with van der Waals surface area (Å²) in [7, 11) is 0. The second-order valence-electron chi connectivity index (χ2n) is 2.39. The molecule has 1 aromatic rings. The van der Waals surface area contributed by atoms with E-state index in [9.17, 15) is 0 Å². The molecular weight excluding hydrogens is 146 g/mol. The summed E-state index contributed by atoms with van der Waals surface area (Å²) in [6, 6.07) is 3.64. The van der Waals surface area contributed by atoms with Crippen LogP contribution in [0, 0.1) is 13.8 Å². The highest BCUT2D eigenvalue weighted by Gasteiger charge is 1.99. The van der Waals surface area contributed by atoms with Gasteiger partial charge in [-0.05, 0) is 37.1 Å². The highest BCUT2D eigenvalue weighted by molar-refractivity contribution is 6.31. The Labute approximate surface area is 65.8 Å². The summed E-state index contributed by atoms with van der Waals surface area (Å²) in [5.41, 5.74) is 8.59. The van der Waals surface area contributed by atoms with Crippen LogP contribution in [-0.4, -0.2) is 0 Å². The lowest BCUT2D eigenvalue weighted by molar-refractivity contribution is 1.34. The molecule has 0 bridgehead atoms. The molecule has 10 heavy (non-hydrogen) atoms. The number of hydrogen-bond donors (Lipinski definition) is 1. The zero-order valence-corrected chi connectivity index (χ0v) is 6.87. The third-order valence-electron chi connectivity index (χ3n) is 1.76. The number of anilines is 1. The number of nitrogens with two attached hydrogens (primary N) is 1. The zero-order chi connectivity index (χ0) is 7.72. The van der Waals surface area contributed by atoms with Crippen molar-refractivity contribution in [3.8, 4) is 0 Å². The van der Waals surface area contributed by atoms with Crippen LogP contribution in [-0.2, 0) is 0 Å². The first-order valence-electron chi connectivity index (χ1n) is 3.14. The Morgan fingerprint density at radius 2 is 1.80 bits per heavy atom. The third kappa shape index (κ3) is 1.09. The van der Waals surface area contributed by atoms with Gasteiger partial charge in [0, 0.05) is 10.7 Å². The number of benzene rings is 1. The Kier molecular flexibility index (Phi) is 1.86. The van der Waals surface area contributed by atoms with Crippen molar-refractivity contribution < 1.29 is 0 Å². The van der Waals surface area contributed by atoms with E-state index in [0.717, 1.165) is 21.8 Å². The second-order valence-corrected chi connectivity index (χ2v) is 2.79. The third-order valence-corrected chi connectivity index (χ3v) is 2.17. The molecule has 1 rings (SSSR count). The first kappa shape index (κ1) is 7.42. The lowest BCUT2D eigenvalue weighted by atomic mass is 10.1. The summed E-state index contributed by atoms with van der Waals surface area (Å²) in [6.45, 7) is 3.94. The number of halogens is 1. The minimum absolute atomic E-state index is 0.784. The smallest absolute Gasteiger partial charge is 0.0439 e. The van der Waals surface area contributed by atoms with Crippen molar-refractivity contribution in [3.63, 3.8) is 0 Å². The van der Waals surface area contributed by atoms with Crippen LogP contribution in [0.2, 0.25) is 5.02 Å². The van der Waals surface area contributed by atoms with Gasteiger partial charge in [-0.3, -0.25) is 0 Å². The molecule has 0 heterocycles. The fraction of sp³-hybridized carbons (Fsp3) is 0.250. The van der Waals surface area contributed by atoms with Gasteiger partial charge in [0.1, 0.15) is 0 Å². The van der Waals surface area contributed by atoms with Crippen molar-refractivity contribution in [1.82, 2.24) is 0 Å². The van der Waals surface area contributed by atoms with Gasteiger partial charge >= 0.3 is 0 Å². The molecule has 0 aliphatic rings. The molecular formula is C8H10ClN. The number of nitrogen functional groups attached to an aromatic ring is 1. The summed E-state index contributed by atoms with van der Waals surface area (Å²) in [6.07, 6.45) is 0. The Morgan fingerprint density at radius 1 is 1.20 bits per heavy atom. The van der Waals surface area contributed by atoms with Crippen LogP contribution >= 0.6 is 11.6 Å². The van der Waals surface area contributed by atoms with Crippen molar-refractivity contribution in [2.24, 2.45) is 0 Å². The van der Waals surface area contributed by atoms with Crippen LogP contribution in [0.3, 0.4) is 0 Å². The Bertz CT molecular complexity index is 229. The number of hydrogen-bond acceptors (Lipinski definition) is 1. The van der Waals surface area contributed by atoms with E-state index < -0.39 is 0 Å². The van der Waals surface area contributed by atoms with E-state index in [0.29, 0.717) is 0 Å². The summed E-state index contributed by atoms with van der Waals surface area (Å²) >= 11 is 5.83. The van der Waals surface area contributed by atoms with Crippen LogP contribution in [0.15, 0.2) is 12.1 Å². The van der Waals surface area contributed by atoms with Crippen LogP contribution < -0.4 is 5.73 Å². The standard InChI is InChI=1S/C8H10ClN/c1-5-6(2)8(10)4-3-7(5)9/h3-4H,10H2,1-2H3. The quantitative estimate of drug-likeness (QED) is 0.573. The van der Waals surface area contributed by atoms with E-state index in [1.807, 2.05) is 26.0 Å². The van der Waals surface area contributed by atoms with E-state index >= 15 is 0 Å². The lowest BCUT2D eigenvalue weighted by Gasteiger charge is -2.04. The van der Waals surface area contributed by atoms with Gasteiger partial charge in [0.05, 0.1) is 0 Å². The molecule has 0 amide bonds. The van der Waals surface area contributed by atoms with Gasteiger partial charge in [0.15, 0.2) is 0 Å². The van der Waals surface area contributed by atoms with Crippen molar-refractivity contribution in [3.05, 3.63) is 28.3 Å². The lowest BCUT2D eigenvalue weighted by Crippen LogP contribution is -1.91. The summed E-state index contributed by atoms with van der Waals surface area (Å²) in [4.78, 5) is 0. The molecule has 2 heteroatoms. The van der Waals surface area contributed by atoms with Crippen LogP contribution in [0.5, 0.6) is 0 Å². The topological polar surface area (TPSA) is 26.0 Å². The maximum atomic E-state index is 5.83. The largest absolute Gasteiger partial charge is 0.399 e. The zero-order valence-electron chi connectivity index (χ0n) is 6.11. The van der Waals surface area contributed by atoms with E-state index in [4.69, 9.17) is 17.3 Å². The highest BCUT2D eigenvalue weighted by Crippen LogP contribution is 2.22. The average molecular weight is 156 g/mol. The first-order valence-corrected chi connectivity index (χ1v) is 3.52. The van der Waals surface area contributed by atoms with Crippen molar-refractivity contribution in [2.75, 3.05) is 5.73 Å². The molecule has 0 aliphatic carbocycles. The van der Waals surface area contributed by atoms with E-state index in [-0.39, 0.29) is 0 Å². The molecule has 0 spiro atoms. The van der Waals surface area contributed by atoms with Crippen molar-refractivity contribution in [1.29, 1.82) is 0 Å². The monoisotopic (exact) mass is 155 g/mol. The summed E-state index contributed by atoms with van der Waals surface area (Å²) < 4.78 is 0. The minimum Gasteiger partial charge on any atom is -0.399 e. The Hall–Kier alpha value is -0.690. The molecule has 0 saturated carbocycles. The van der Waals surface area contributed by atoms with Gasteiger partial charge in [0.25, 0.3) is 0 Å². The minimum atomic E-state index is 0.784. The van der Waals surface area contributed by atoms with Crippen LogP contribution in [0.1, 0.15) is 11.1 Å². The maximum absolute atomic E-state index is 5.83. The number of rotatable bonds is 0. The molecule has 0 radical (unpaired) electrons. The van der Waals surface area contributed by atoms with E-state index in [2.05, 4.69) is 0 Å². The van der Waals surface area contributed by atoms with Gasteiger partial charge in [-0.25, -0.2) is 0 Å². The van der Waals surface area contributed by atoms with E-state index in [1.54, 1.807) is 0 Å². The molecule has 0 aliphatic heterocycles. The molecule has 1 aromatic carbocycles. The molecule has 54 valence electrons. The molecule has 0 saturated heterocycles. The molecule has 0 aromatic heterocycles. The van der Waals surface area contributed by atoms with Gasteiger partial charge in [-0.2, -0.15) is 0 Å². The first-order chi connectivity index (χ1) is 4.63. The van der Waals surface area contributed by atoms with Gasteiger partial charge in [0.2, 0.25) is 0 Å². The highest BCUT2D eigenvalue weighted by atomic mass is 35.5. The average Bonchev–Trinajstić information content (AvgIpc) is 1.93. The molecule has 2 N–H and O–H groups in total. The Morgan fingerprint density at radius 3 is 2.30 bits per heavy atom. The molecule has 0 fully saturated rings. The fourth-order valence-electron chi connectivity index (χ4n) is 0.809. The van der Waals surface area contributed by atoms with Crippen LogP contribution in [0.25, 0.3) is 0 Å². The SMILES string of the molecule is Cc1c(N)ccc(Cl)c1C. The van der Waals surface area contributed by atoms with Gasteiger partial charge < -0.3 is 5.73 Å². The maximum Gasteiger partial charge on any atom is 0.0439 e. The molecule has 0 unspecified atom stereocenters. The predicted octanol–water partition coefficient (Wildman–Crippen LogP) is 2.54. The fourth-order valence-corrected chi connectivity index (χ4v) is 1.01. The van der Waals surface area contributed by atoms with Crippen molar-refractivity contribution in [2.45, 2.75) is 13.8 Å². The Balaban J connectivity index is 3.34. The summed E-state index contributed by atoms with van der Waals surface area (Å²) in [5.74, 6) is 0.